The Morgan fingerprint density at radius 3 is 2.42 bits per heavy atom. The van der Waals surface area contributed by atoms with Crippen LogP contribution in [0.15, 0.2) is 40.2 Å². The minimum Gasteiger partial charge on any atom is -0.453 e. The van der Waals surface area contributed by atoms with Crippen molar-refractivity contribution in [3.63, 3.8) is 0 Å². The standard InChI is InChI=1S/C22H28N6O5/c1-14(20(30)24-15-8-10-16(11-9-15)25(2)3)33-17(29)7-6-12-28-13-23-19-18(28)21(31)27(5)22(32)26(19)4/h8-11,13-14H,6-7,12H2,1-5H3,(H,24,30). The quantitative estimate of drug-likeness (QED) is 0.499. The van der Waals surface area contributed by atoms with Crippen molar-refractivity contribution in [1.82, 2.24) is 18.7 Å². The number of hydrogen-bond donors (Lipinski definition) is 1. The van der Waals surface area contributed by atoms with E-state index in [1.165, 1.54) is 24.9 Å². The maximum Gasteiger partial charge on any atom is 0.332 e. The highest BCUT2D eigenvalue weighted by Gasteiger charge is 2.19. The molecular formula is C22H28N6O5. The second kappa shape index (κ2) is 9.72. The van der Waals surface area contributed by atoms with E-state index >= 15 is 0 Å². The first kappa shape index (κ1) is 23.8. The van der Waals surface area contributed by atoms with Gasteiger partial charge in [0.25, 0.3) is 11.5 Å². The number of ether oxygens (including phenoxy) is 1. The monoisotopic (exact) mass is 456 g/mol. The molecule has 1 amide bonds. The van der Waals surface area contributed by atoms with Crippen molar-refractivity contribution < 1.29 is 14.3 Å². The molecule has 1 unspecified atom stereocenters. The minimum absolute atomic E-state index is 0.0565. The molecule has 0 bridgehead atoms. The summed E-state index contributed by atoms with van der Waals surface area (Å²) in [6.45, 7) is 1.84. The van der Waals surface area contributed by atoms with E-state index in [1.54, 1.807) is 23.7 Å². The van der Waals surface area contributed by atoms with E-state index in [0.29, 0.717) is 24.2 Å². The summed E-state index contributed by atoms with van der Waals surface area (Å²) in [5.41, 5.74) is 1.28. The van der Waals surface area contributed by atoms with Crippen LogP contribution in [0.4, 0.5) is 11.4 Å². The molecule has 1 atom stereocenters. The largest absolute Gasteiger partial charge is 0.453 e. The number of fused-ring (bicyclic) bond motifs is 1. The molecule has 3 aromatic rings. The summed E-state index contributed by atoms with van der Waals surface area (Å²) in [5, 5.41) is 2.72. The number of nitrogens with one attached hydrogen (secondary N) is 1. The molecule has 0 fully saturated rings. The molecule has 0 spiro atoms. The van der Waals surface area contributed by atoms with Gasteiger partial charge in [-0.15, -0.1) is 0 Å². The average molecular weight is 457 g/mol. The number of anilines is 2. The zero-order valence-corrected chi connectivity index (χ0v) is 19.4. The maximum absolute atomic E-state index is 12.5. The number of carbonyl (C=O) groups is 2. The van der Waals surface area contributed by atoms with Gasteiger partial charge in [0.1, 0.15) is 0 Å². The molecule has 0 saturated carbocycles. The second-order valence-corrected chi connectivity index (χ2v) is 7.98. The van der Waals surface area contributed by atoms with E-state index in [-0.39, 0.29) is 12.1 Å². The number of nitrogens with zero attached hydrogens (tertiary/aromatic N) is 5. The number of aryl methyl sites for hydroxylation is 2. The summed E-state index contributed by atoms with van der Waals surface area (Å²) in [6, 6.07) is 7.29. The molecule has 0 saturated heterocycles. The van der Waals surface area contributed by atoms with Gasteiger partial charge in [0.2, 0.25) is 0 Å². The first-order valence-corrected chi connectivity index (χ1v) is 10.5. The van der Waals surface area contributed by atoms with Crippen molar-refractivity contribution in [3.8, 4) is 0 Å². The van der Waals surface area contributed by atoms with Gasteiger partial charge >= 0.3 is 11.7 Å². The molecule has 0 radical (unpaired) electrons. The molecule has 3 rings (SSSR count). The fourth-order valence-corrected chi connectivity index (χ4v) is 3.36. The van der Waals surface area contributed by atoms with Gasteiger partial charge in [-0.1, -0.05) is 0 Å². The third-order valence-electron chi connectivity index (χ3n) is 5.33. The third-order valence-corrected chi connectivity index (χ3v) is 5.33. The lowest BCUT2D eigenvalue weighted by Gasteiger charge is -2.15. The zero-order valence-electron chi connectivity index (χ0n) is 19.4. The van der Waals surface area contributed by atoms with Crippen LogP contribution in [0.3, 0.4) is 0 Å². The Balaban J connectivity index is 1.54. The van der Waals surface area contributed by atoms with Gasteiger partial charge in [0, 0.05) is 52.5 Å². The van der Waals surface area contributed by atoms with E-state index in [4.69, 9.17) is 4.74 Å². The van der Waals surface area contributed by atoms with Crippen molar-refractivity contribution in [3.05, 3.63) is 51.4 Å². The number of aromatic nitrogens is 4. The first-order valence-electron chi connectivity index (χ1n) is 10.5. The summed E-state index contributed by atoms with van der Waals surface area (Å²) in [6.07, 6.45) is 0.938. The summed E-state index contributed by atoms with van der Waals surface area (Å²) in [4.78, 5) is 55.1. The Morgan fingerprint density at radius 1 is 1.12 bits per heavy atom. The highest BCUT2D eigenvalue weighted by atomic mass is 16.5. The predicted molar refractivity (Wildman–Crippen MR) is 124 cm³/mol. The van der Waals surface area contributed by atoms with Crippen LogP contribution >= 0.6 is 0 Å². The van der Waals surface area contributed by atoms with Gasteiger partial charge in [-0.3, -0.25) is 23.5 Å². The van der Waals surface area contributed by atoms with Gasteiger partial charge < -0.3 is 19.5 Å². The first-order chi connectivity index (χ1) is 15.6. The van der Waals surface area contributed by atoms with Crippen LogP contribution < -0.4 is 21.5 Å². The fraction of sp³-hybridized carbons (Fsp3) is 0.409. The summed E-state index contributed by atoms with van der Waals surface area (Å²) in [5.74, 6) is -0.948. The van der Waals surface area contributed by atoms with Crippen molar-refractivity contribution in [2.75, 3.05) is 24.3 Å². The molecule has 0 aliphatic heterocycles. The molecule has 0 aliphatic carbocycles. The van der Waals surface area contributed by atoms with E-state index in [0.717, 1.165) is 10.3 Å². The Hall–Kier alpha value is -3.89. The third kappa shape index (κ3) is 5.13. The molecular weight excluding hydrogens is 428 g/mol. The van der Waals surface area contributed by atoms with E-state index < -0.39 is 29.2 Å². The van der Waals surface area contributed by atoms with Crippen LogP contribution in [-0.4, -0.2) is 50.8 Å². The Labute approximate surface area is 190 Å². The SMILES string of the molecule is CC(OC(=O)CCCn1cnc2c1c(=O)n(C)c(=O)n2C)C(=O)Nc1ccc(N(C)C)cc1. The highest BCUT2D eigenvalue weighted by molar-refractivity contribution is 5.95. The Morgan fingerprint density at radius 2 is 1.79 bits per heavy atom. The predicted octanol–water partition coefficient (Wildman–Crippen LogP) is 0.850. The van der Waals surface area contributed by atoms with Crippen molar-refractivity contribution >= 4 is 34.4 Å². The number of hydrogen-bond acceptors (Lipinski definition) is 7. The fourth-order valence-electron chi connectivity index (χ4n) is 3.36. The number of carbonyl (C=O) groups excluding carboxylic acids is 2. The Kier molecular flexibility index (Phi) is 7.00. The molecule has 1 aromatic carbocycles. The van der Waals surface area contributed by atoms with E-state index in [1.807, 2.05) is 31.1 Å². The zero-order chi connectivity index (χ0) is 24.3. The summed E-state index contributed by atoms with van der Waals surface area (Å²) in [7, 11) is 6.79. The highest BCUT2D eigenvalue weighted by Crippen LogP contribution is 2.16. The molecule has 0 aliphatic rings. The van der Waals surface area contributed by atoms with Crippen LogP contribution in [0, 0.1) is 0 Å². The molecule has 2 aromatic heterocycles. The van der Waals surface area contributed by atoms with Crippen molar-refractivity contribution in [2.24, 2.45) is 14.1 Å². The van der Waals surface area contributed by atoms with Crippen LogP contribution in [0.5, 0.6) is 0 Å². The lowest BCUT2D eigenvalue weighted by molar-refractivity contribution is -0.153. The van der Waals surface area contributed by atoms with Gasteiger partial charge in [-0.2, -0.15) is 0 Å². The molecule has 1 N–H and O–H groups in total. The van der Waals surface area contributed by atoms with Crippen LogP contribution in [-0.2, 0) is 35.0 Å². The van der Waals surface area contributed by atoms with Crippen LogP contribution in [0.1, 0.15) is 19.8 Å². The van der Waals surface area contributed by atoms with Gasteiger partial charge in [0.15, 0.2) is 17.3 Å². The second-order valence-electron chi connectivity index (χ2n) is 7.98. The smallest absolute Gasteiger partial charge is 0.332 e. The molecule has 33 heavy (non-hydrogen) atoms. The molecule has 11 heteroatoms. The summed E-state index contributed by atoms with van der Waals surface area (Å²) >= 11 is 0. The minimum atomic E-state index is -0.957. The van der Waals surface area contributed by atoms with E-state index in [2.05, 4.69) is 10.3 Å². The maximum atomic E-state index is 12.5. The van der Waals surface area contributed by atoms with Gasteiger partial charge in [0.05, 0.1) is 6.33 Å². The number of imidazole rings is 1. The van der Waals surface area contributed by atoms with E-state index in [9.17, 15) is 19.2 Å². The summed E-state index contributed by atoms with van der Waals surface area (Å²) < 4.78 is 9.16. The number of esters is 1. The topological polar surface area (TPSA) is 120 Å². The lowest BCUT2D eigenvalue weighted by atomic mass is 10.2. The van der Waals surface area contributed by atoms with Crippen molar-refractivity contribution in [1.29, 1.82) is 0 Å². The van der Waals surface area contributed by atoms with Crippen molar-refractivity contribution in [2.45, 2.75) is 32.4 Å². The number of amides is 1. The number of benzene rings is 1. The molecule has 176 valence electrons. The average Bonchev–Trinajstić information content (AvgIpc) is 3.20. The van der Waals surface area contributed by atoms with Gasteiger partial charge in [-0.05, 0) is 37.6 Å². The molecule has 11 nitrogen and oxygen atoms in total. The normalized spacial score (nSPS) is 11.9. The van der Waals surface area contributed by atoms with Crippen LogP contribution in [0.2, 0.25) is 0 Å². The van der Waals surface area contributed by atoms with Crippen LogP contribution in [0.25, 0.3) is 11.2 Å². The molecule has 2 heterocycles. The van der Waals surface area contributed by atoms with Gasteiger partial charge in [-0.25, -0.2) is 9.78 Å². The number of rotatable bonds is 8. The lowest BCUT2D eigenvalue weighted by Crippen LogP contribution is -2.37. The Bertz CT molecular complexity index is 1290.